The van der Waals surface area contributed by atoms with Crippen molar-refractivity contribution in [2.45, 2.75) is 5.41 Å². The van der Waals surface area contributed by atoms with Crippen LogP contribution >= 0.6 is 0 Å². The minimum Gasteiger partial charge on any atom is -0.457 e. The van der Waals surface area contributed by atoms with E-state index in [1.165, 1.54) is 27.8 Å². The van der Waals surface area contributed by atoms with Crippen LogP contribution in [0, 0.1) is 0 Å². The first-order valence-corrected chi connectivity index (χ1v) is 16.9. The highest BCUT2D eigenvalue weighted by molar-refractivity contribution is 5.89. The molecule has 50 heavy (non-hydrogen) atoms. The monoisotopic (exact) mass is 639 g/mol. The zero-order valence-corrected chi connectivity index (χ0v) is 27.0. The summed E-state index contributed by atoms with van der Waals surface area (Å²) in [6.45, 7) is 0. The number of hydrogen-bond donors (Lipinski definition) is 0. The van der Waals surface area contributed by atoms with Gasteiger partial charge in [-0.2, -0.15) is 0 Å². The van der Waals surface area contributed by atoms with Crippen LogP contribution in [0.4, 0.5) is 0 Å². The Bertz CT molecular complexity index is 2480. The van der Waals surface area contributed by atoms with Crippen molar-refractivity contribution in [3.8, 4) is 67.8 Å². The van der Waals surface area contributed by atoms with Gasteiger partial charge in [0, 0.05) is 28.5 Å². The van der Waals surface area contributed by atoms with Crippen LogP contribution in [0.1, 0.15) is 22.3 Å². The second-order valence-corrected chi connectivity index (χ2v) is 12.8. The summed E-state index contributed by atoms with van der Waals surface area (Å²) in [4.78, 5) is 14.7. The molecule has 8 aromatic rings. The molecule has 6 aromatic carbocycles. The standard InChI is InChI=1S/C46H29N3O/c1-2-13-30(14-3-1)41-29-42(40-22-10-11-26-47-40)49-45(48-41)33-16-12-15-31(27-33)32-24-25-39-44(28-32)50-43-23-9-8-21-38(43)46(39)36-19-6-4-17-34(36)35-18-5-7-20-37(35)46/h1-29H. The lowest BCUT2D eigenvalue weighted by atomic mass is 9.66. The van der Waals surface area contributed by atoms with Gasteiger partial charge in [-0.15, -0.1) is 0 Å². The Balaban J connectivity index is 1.12. The molecule has 3 heterocycles. The van der Waals surface area contributed by atoms with Crippen LogP contribution in [0.15, 0.2) is 176 Å². The molecular formula is C46H29N3O. The minimum absolute atomic E-state index is 0.481. The third-order valence-electron chi connectivity index (χ3n) is 10.0. The van der Waals surface area contributed by atoms with Gasteiger partial charge < -0.3 is 4.74 Å². The summed E-state index contributed by atoms with van der Waals surface area (Å²) >= 11 is 0. The Hall–Kier alpha value is -6.65. The van der Waals surface area contributed by atoms with Gasteiger partial charge in [-0.3, -0.25) is 4.98 Å². The molecule has 10 rings (SSSR count). The number of nitrogens with zero attached hydrogens (tertiary/aromatic N) is 3. The lowest BCUT2D eigenvalue weighted by Crippen LogP contribution is -2.32. The molecule has 1 aliphatic carbocycles. The molecule has 0 N–H and O–H groups in total. The van der Waals surface area contributed by atoms with Crippen molar-refractivity contribution in [3.63, 3.8) is 0 Å². The second-order valence-electron chi connectivity index (χ2n) is 12.8. The Labute approximate surface area is 290 Å². The number of benzene rings is 6. The van der Waals surface area contributed by atoms with E-state index < -0.39 is 5.41 Å². The number of hydrogen-bond acceptors (Lipinski definition) is 4. The van der Waals surface area contributed by atoms with Crippen LogP contribution in [0.3, 0.4) is 0 Å². The van der Waals surface area contributed by atoms with Gasteiger partial charge in [-0.1, -0.05) is 133 Å². The summed E-state index contributed by atoms with van der Waals surface area (Å²) < 4.78 is 6.77. The molecule has 0 saturated heterocycles. The molecule has 2 aromatic heterocycles. The Morgan fingerprint density at radius 1 is 0.380 bits per heavy atom. The topological polar surface area (TPSA) is 47.9 Å². The zero-order valence-electron chi connectivity index (χ0n) is 27.0. The zero-order chi connectivity index (χ0) is 33.1. The molecule has 0 unspecified atom stereocenters. The molecule has 0 radical (unpaired) electrons. The molecular weight excluding hydrogens is 611 g/mol. The lowest BCUT2D eigenvalue weighted by Gasteiger charge is -2.39. The number of rotatable bonds is 4. The van der Waals surface area contributed by atoms with Crippen molar-refractivity contribution < 1.29 is 4.74 Å². The van der Waals surface area contributed by atoms with Crippen molar-refractivity contribution in [2.75, 3.05) is 0 Å². The third-order valence-corrected chi connectivity index (χ3v) is 10.0. The van der Waals surface area contributed by atoms with Gasteiger partial charge in [0.2, 0.25) is 0 Å². The van der Waals surface area contributed by atoms with Crippen molar-refractivity contribution in [2.24, 2.45) is 0 Å². The average Bonchev–Trinajstić information content (AvgIpc) is 3.49. The van der Waals surface area contributed by atoms with Gasteiger partial charge >= 0.3 is 0 Å². The molecule has 0 saturated carbocycles. The van der Waals surface area contributed by atoms with Gasteiger partial charge in [0.15, 0.2) is 5.82 Å². The largest absolute Gasteiger partial charge is 0.457 e. The SMILES string of the molecule is c1ccc(-c2cc(-c3ccccn3)nc(-c3cccc(-c4ccc5c(c4)Oc4ccccc4C54c5ccccc5-c5ccccc54)c3)n2)cc1. The fourth-order valence-corrected chi connectivity index (χ4v) is 7.86. The van der Waals surface area contributed by atoms with Gasteiger partial charge in [0.05, 0.1) is 22.5 Å². The maximum Gasteiger partial charge on any atom is 0.160 e. The normalized spacial score (nSPS) is 13.1. The van der Waals surface area contributed by atoms with Crippen molar-refractivity contribution in [1.82, 2.24) is 15.0 Å². The summed E-state index contributed by atoms with van der Waals surface area (Å²) in [5.41, 5.74) is 13.4. The first kappa shape index (κ1) is 28.4. The van der Waals surface area contributed by atoms with E-state index in [1.807, 2.05) is 42.5 Å². The number of para-hydroxylation sites is 1. The first-order chi connectivity index (χ1) is 24.8. The highest BCUT2D eigenvalue weighted by Gasteiger charge is 2.50. The smallest absolute Gasteiger partial charge is 0.160 e. The van der Waals surface area contributed by atoms with E-state index in [4.69, 9.17) is 14.7 Å². The van der Waals surface area contributed by atoms with E-state index in [2.05, 4.69) is 132 Å². The van der Waals surface area contributed by atoms with Gasteiger partial charge in [-0.05, 0) is 69.8 Å². The lowest BCUT2D eigenvalue weighted by molar-refractivity contribution is 0.436. The van der Waals surface area contributed by atoms with E-state index in [9.17, 15) is 0 Å². The Morgan fingerprint density at radius 2 is 1.00 bits per heavy atom. The van der Waals surface area contributed by atoms with Crippen LogP contribution < -0.4 is 4.74 Å². The summed E-state index contributed by atoms with van der Waals surface area (Å²) in [6.07, 6.45) is 1.80. The van der Waals surface area contributed by atoms with E-state index in [0.717, 1.165) is 56.4 Å². The van der Waals surface area contributed by atoms with Crippen LogP contribution in [0.2, 0.25) is 0 Å². The predicted molar refractivity (Wildman–Crippen MR) is 199 cm³/mol. The highest BCUT2D eigenvalue weighted by atomic mass is 16.5. The minimum atomic E-state index is -0.481. The van der Waals surface area contributed by atoms with Gasteiger partial charge in [0.1, 0.15) is 11.5 Å². The molecule has 0 fully saturated rings. The van der Waals surface area contributed by atoms with Crippen molar-refractivity contribution in [1.29, 1.82) is 0 Å². The number of pyridine rings is 1. The van der Waals surface area contributed by atoms with E-state index in [-0.39, 0.29) is 0 Å². The Morgan fingerprint density at radius 3 is 1.78 bits per heavy atom. The molecule has 1 spiro atoms. The van der Waals surface area contributed by atoms with Crippen LogP contribution in [-0.4, -0.2) is 15.0 Å². The average molecular weight is 640 g/mol. The molecule has 4 nitrogen and oxygen atoms in total. The quantitative estimate of drug-likeness (QED) is 0.192. The van der Waals surface area contributed by atoms with Gasteiger partial charge in [-0.25, -0.2) is 9.97 Å². The number of aromatic nitrogens is 3. The summed E-state index contributed by atoms with van der Waals surface area (Å²) in [5, 5.41) is 0. The maximum absolute atomic E-state index is 6.77. The van der Waals surface area contributed by atoms with Crippen molar-refractivity contribution >= 4 is 0 Å². The highest BCUT2D eigenvalue weighted by Crippen LogP contribution is 2.62. The van der Waals surface area contributed by atoms with Crippen molar-refractivity contribution in [3.05, 3.63) is 198 Å². The third kappa shape index (κ3) is 4.28. The fourth-order valence-electron chi connectivity index (χ4n) is 7.86. The van der Waals surface area contributed by atoms with Crippen LogP contribution in [-0.2, 0) is 5.41 Å². The second kappa shape index (κ2) is 11.2. The number of fused-ring (bicyclic) bond motifs is 9. The predicted octanol–water partition coefficient (Wildman–Crippen LogP) is 11.0. The molecule has 234 valence electrons. The molecule has 0 bridgehead atoms. The summed E-state index contributed by atoms with van der Waals surface area (Å²) in [7, 11) is 0. The molecule has 2 aliphatic rings. The van der Waals surface area contributed by atoms with E-state index >= 15 is 0 Å². The molecule has 0 atom stereocenters. The van der Waals surface area contributed by atoms with Crippen LogP contribution in [0.25, 0.3) is 56.3 Å². The van der Waals surface area contributed by atoms with Gasteiger partial charge in [0.25, 0.3) is 0 Å². The number of ether oxygens (including phenoxy) is 1. The van der Waals surface area contributed by atoms with E-state index in [1.54, 1.807) is 6.20 Å². The molecule has 1 aliphatic heterocycles. The Kier molecular flexibility index (Phi) is 6.36. The summed E-state index contributed by atoms with van der Waals surface area (Å²) in [6, 6.07) is 59.3. The van der Waals surface area contributed by atoms with Crippen LogP contribution in [0.5, 0.6) is 11.5 Å². The molecule has 4 heteroatoms. The molecule has 0 amide bonds. The fraction of sp³-hybridized carbons (Fsp3) is 0.0217. The van der Waals surface area contributed by atoms with E-state index in [0.29, 0.717) is 5.82 Å². The first-order valence-electron chi connectivity index (χ1n) is 16.9. The summed E-state index contributed by atoms with van der Waals surface area (Å²) in [5.74, 6) is 2.39. The maximum atomic E-state index is 6.77.